The van der Waals surface area contributed by atoms with Gasteiger partial charge in [-0.05, 0) is 98.7 Å². The fraction of sp³-hybridized carbons (Fsp3) is 1.00. The molecule has 5 heterocycles. The minimum atomic E-state index is -0.931. The van der Waals surface area contributed by atoms with Crippen molar-refractivity contribution in [1.82, 2.24) is 42.5 Å². The summed E-state index contributed by atoms with van der Waals surface area (Å²) in [6.45, 7) is 0. The number of rotatable bonds is 0. The van der Waals surface area contributed by atoms with Crippen molar-refractivity contribution in [2.45, 2.75) is 152 Å². The molecule has 5 saturated heterocycles. The first-order valence-electron chi connectivity index (χ1n) is 18.4. The zero-order valence-corrected chi connectivity index (χ0v) is 30.5. The topological polar surface area (TPSA) is 96.2 Å². The summed E-state index contributed by atoms with van der Waals surface area (Å²) in [6.07, 6.45) is 25.6. The van der Waals surface area contributed by atoms with E-state index in [4.69, 9.17) is 19.4 Å². The third-order valence-electron chi connectivity index (χ3n) is 13.8. The molecule has 9 rings (SSSR count). The Morgan fingerprint density at radius 1 is 0.279 bits per heavy atom. The average molecular weight is 689 g/mol. The van der Waals surface area contributed by atoms with Gasteiger partial charge in [-0.15, -0.1) is 0 Å². The summed E-state index contributed by atoms with van der Waals surface area (Å²) in [5.74, 6) is 5.97. The maximum atomic E-state index is 4.95. The minimum absolute atomic E-state index is 0.420. The van der Waals surface area contributed by atoms with Gasteiger partial charge >= 0.3 is 34.5 Å². The normalized spacial score (nSPS) is 53.8. The van der Waals surface area contributed by atoms with Gasteiger partial charge in [0, 0.05) is 0 Å². The van der Waals surface area contributed by atoms with Crippen molar-refractivity contribution in [3.8, 4) is 0 Å². The molecule has 5 aliphatic heterocycles. The number of hydrogen-bond donors (Lipinski definition) is 8. The van der Waals surface area contributed by atoms with E-state index in [0.29, 0.717) is 49.3 Å². The van der Waals surface area contributed by atoms with Crippen LogP contribution in [0.1, 0.15) is 103 Å². The number of hydrogen-bond acceptors (Lipinski definition) is 8. The predicted molar refractivity (Wildman–Crippen MR) is 169 cm³/mol. The molecule has 0 spiro atoms. The van der Waals surface area contributed by atoms with E-state index in [9.17, 15) is 0 Å². The van der Waals surface area contributed by atoms with Crippen LogP contribution in [-0.4, -0.2) is 49.3 Å². The standard InChI is InChI=1S/C32H56N8.2ClH.Zn/c1-2-10-18-17(9-1)25-33-26(18)38-28-21-13-5-6-14-22(21)30(35-28)40-32-24-16-8-7-15-23(24)31(36-32)39-29-20-12-4-3-11-19(20)27(34-29)37-25;;;/h17-40H,1-16H2;2*1H;/q;;;+2/p-2. The second-order valence-electron chi connectivity index (χ2n) is 15.7. The van der Waals surface area contributed by atoms with E-state index in [0.717, 1.165) is 47.3 Å². The molecule has 0 aromatic heterocycles. The molecule has 4 aliphatic carbocycles. The summed E-state index contributed by atoms with van der Waals surface area (Å²) in [7, 11) is 9.90. The Kier molecular flexibility index (Phi) is 9.99. The van der Waals surface area contributed by atoms with Gasteiger partial charge < -0.3 is 0 Å². The molecule has 0 amide bonds. The van der Waals surface area contributed by atoms with Gasteiger partial charge in [0.1, 0.15) is 0 Å². The van der Waals surface area contributed by atoms with Gasteiger partial charge in [-0.1, -0.05) is 51.4 Å². The molecule has 11 heteroatoms. The van der Waals surface area contributed by atoms with Crippen molar-refractivity contribution in [1.29, 1.82) is 0 Å². The van der Waals surface area contributed by atoms with Crippen LogP contribution in [0.4, 0.5) is 0 Å². The molecule has 8 unspecified atom stereocenters. The zero-order chi connectivity index (χ0) is 28.9. The summed E-state index contributed by atoms with van der Waals surface area (Å²) in [6, 6.07) is 0. The first kappa shape index (κ1) is 31.2. The van der Waals surface area contributed by atoms with Crippen LogP contribution in [0.2, 0.25) is 0 Å². The number of nitrogens with one attached hydrogen (secondary N) is 8. The Balaban J connectivity index is 0.000000892. The molecule has 8 bridgehead atoms. The van der Waals surface area contributed by atoms with Crippen LogP contribution < -0.4 is 42.5 Å². The van der Waals surface area contributed by atoms with E-state index in [1.165, 1.54) is 103 Å². The Bertz CT molecular complexity index is 743. The van der Waals surface area contributed by atoms with Crippen molar-refractivity contribution >= 4 is 19.4 Å². The van der Waals surface area contributed by atoms with E-state index in [1.54, 1.807) is 0 Å². The molecule has 240 valence electrons. The Morgan fingerprint density at radius 3 is 0.512 bits per heavy atom. The molecule has 4 saturated carbocycles. The SMILES string of the molecule is C1CCC2C3NC(NC4NC(NC5NC(NC6NC(N3)C3CCCCC63)C3CCCCC53)C3CCCCC43)C2C1.[Cl][Zn][Cl]. The second kappa shape index (κ2) is 13.8. The molecule has 0 aromatic rings. The molecular formula is C32H56Cl2N8Zn. The number of fused-ring (bicyclic) bond motifs is 20. The van der Waals surface area contributed by atoms with Gasteiger partial charge in [-0.2, -0.15) is 0 Å². The van der Waals surface area contributed by atoms with E-state index in [-0.39, 0.29) is 0 Å². The van der Waals surface area contributed by atoms with Crippen molar-refractivity contribution in [2.24, 2.45) is 47.3 Å². The van der Waals surface area contributed by atoms with Gasteiger partial charge in [0.2, 0.25) is 0 Å². The molecule has 8 N–H and O–H groups in total. The van der Waals surface area contributed by atoms with E-state index < -0.39 is 15.1 Å². The molecule has 9 aliphatic rings. The summed E-state index contributed by atoms with van der Waals surface area (Å²) < 4.78 is 0. The van der Waals surface area contributed by atoms with Crippen molar-refractivity contribution in [3.63, 3.8) is 0 Å². The van der Waals surface area contributed by atoms with Gasteiger partial charge in [0.15, 0.2) is 0 Å². The van der Waals surface area contributed by atoms with Crippen molar-refractivity contribution < 1.29 is 15.1 Å². The summed E-state index contributed by atoms with van der Waals surface area (Å²) in [5, 5.41) is 33.8. The van der Waals surface area contributed by atoms with Gasteiger partial charge in [-0.25, -0.2) is 0 Å². The fourth-order valence-electron chi connectivity index (χ4n) is 12.0. The fourth-order valence-corrected chi connectivity index (χ4v) is 12.0. The average Bonchev–Trinajstić information content (AvgIpc) is 3.77. The van der Waals surface area contributed by atoms with Gasteiger partial charge in [0.25, 0.3) is 0 Å². The summed E-state index contributed by atoms with van der Waals surface area (Å²) in [5.41, 5.74) is 0. The second-order valence-corrected chi connectivity index (χ2v) is 20.3. The van der Waals surface area contributed by atoms with Crippen LogP contribution >= 0.6 is 19.4 Å². The van der Waals surface area contributed by atoms with Crippen molar-refractivity contribution in [3.05, 3.63) is 0 Å². The van der Waals surface area contributed by atoms with Crippen molar-refractivity contribution in [2.75, 3.05) is 0 Å². The molecule has 0 radical (unpaired) electrons. The van der Waals surface area contributed by atoms with Crippen LogP contribution in [0.25, 0.3) is 0 Å². The Hall–Kier alpha value is 0.883. The van der Waals surface area contributed by atoms with Gasteiger partial charge in [0.05, 0.1) is 49.3 Å². The first-order valence-corrected chi connectivity index (χ1v) is 26.2. The number of halogens is 2. The van der Waals surface area contributed by atoms with Crippen LogP contribution in [0.15, 0.2) is 0 Å². The van der Waals surface area contributed by atoms with E-state index in [2.05, 4.69) is 42.5 Å². The van der Waals surface area contributed by atoms with E-state index >= 15 is 0 Å². The third-order valence-corrected chi connectivity index (χ3v) is 13.8. The third kappa shape index (κ3) is 6.05. The zero-order valence-electron chi connectivity index (χ0n) is 26.0. The molecule has 9 fully saturated rings. The Morgan fingerprint density at radius 2 is 0.395 bits per heavy atom. The molecule has 43 heavy (non-hydrogen) atoms. The predicted octanol–water partition coefficient (Wildman–Crippen LogP) is 3.98. The Labute approximate surface area is 275 Å². The van der Waals surface area contributed by atoms with E-state index in [1.807, 2.05) is 0 Å². The van der Waals surface area contributed by atoms with Crippen LogP contribution in [0, 0.1) is 47.3 Å². The summed E-state index contributed by atoms with van der Waals surface area (Å²) >= 11 is -0.931. The van der Waals surface area contributed by atoms with Crippen LogP contribution in [0.3, 0.4) is 0 Å². The maximum absolute atomic E-state index is 4.95. The molecular weight excluding hydrogens is 633 g/mol. The summed E-state index contributed by atoms with van der Waals surface area (Å²) in [4.78, 5) is 0. The molecule has 0 aromatic carbocycles. The molecule has 8 nitrogen and oxygen atoms in total. The quantitative estimate of drug-likeness (QED) is 0.181. The van der Waals surface area contributed by atoms with Crippen LogP contribution in [-0.2, 0) is 15.1 Å². The van der Waals surface area contributed by atoms with Gasteiger partial charge in [-0.3, -0.25) is 42.5 Å². The molecule has 8 atom stereocenters. The first-order chi connectivity index (χ1) is 21.2. The van der Waals surface area contributed by atoms with Crippen LogP contribution in [0.5, 0.6) is 0 Å². The monoisotopic (exact) mass is 686 g/mol.